The zero-order chi connectivity index (χ0) is 20.6. The predicted octanol–water partition coefficient (Wildman–Crippen LogP) is 4.86. The van der Waals surface area contributed by atoms with Crippen LogP contribution in [0, 0.1) is 5.82 Å². The van der Waals surface area contributed by atoms with Gasteiger partial charge in [-0.2, -0.15) is 0 Å². The molecule has 146 valence electrons. The van der Waals surface area contributed by atoms with E-state index in [0.29, 0.717) is 10.9 Å². The molecule has 0 bridgehead atoms. The van der Waals surface area contributed by atoms with Crippen molar-refractivity contribution in [3.63, 3.8) is 0 Å². The molecule has 0 radical (unpaired) electrons. The lowest BCUT2D eigenvalue weighted by molar-refractivity contribution is 0.470. The van der Waals surface area contributed by atoms with Gasteiger partial charge in [0.05, 0.1) is 4.90 Å². The Morgan fingerprint density at radius 1 is 0.793 bits per heavy atom. The van der Waals surface area contributed by atoms with Crippen LogP contribution in [0.15, 0.2) is 83.8 Å². The topological polar surface area (TPSA) is 86.6 Å². The Labute approximate surface area is 166 Å². The number of phenolic OH excluding ortho intramolecular Hbond substituents is 2. The van der Waals surface area contributed by atoms with Crippen molar-refractivity contribution in [1.29, 1.82) is 0 Å². The number of fused-ring (bicyclic) bond motifs is 1. The van der Waals surface area contributed by atoms with Gasteiger partial charge in [0.2, 0.25) is 0 Å². The SMILES string of the molecule is O=S(=O)(Nc1ccc(O)c(-c2c(O)ccc3ccccc23)c1)c1ccc(F)cc1. The van der Waals surface area contributed by atoms with Crippen molar-refractivity contribution >= 4 is 26.5 Å². The standard InChI is InChI=1S/C22H16FNO4S/c23-15-6-9-17(10-7-15)29(27,28)24-16-8-12-20(25)19(13-16)22-18-4-2-1-3-14(18)5-11-21(22)26/h1-13,24-26H. The lowest BCUT2D eigenvalue weighted by Crippen LogP contribution is -2.12. The predicted molar refractivity (Wildman–Crippen MR) is 110 cm³/mol. The van der Waals surface area contributed by atoms with Gasteiger partial charge in [0, 0.05) is 16.8 Å². The van der Waals surface area contributed by atoms with E-state index in [4.69, 9.17) is 0 Å². The van der Waals surface area contributed by atoms with Crippen LogP contribution in [-0.2, 0) is 10.0 Å². The van der Waals surface area contributed by atoms with E-state index in [1.54, 1.807) is 12.1 Å². The van der Waals surface area contributed by atoms with Crippen molar-refractivity contribution in [2.45, 2.75) is 4.90 Å². The Bertz CT molecular complexity index is 1320. The van der Waals surface area contributed by atoms with E-state index in [1.165, 1.54) is 24.3 Å². The van der Waals surface area contributed by atoms with Crippen LogP contribution in [0.2, 0.25) is 0 Å². The molecule has 0 saturated carbocycles. The normalized spacial score (nSPS) is 11.5. The minimum Gasteiger partial charge on any atom is -0.507 e. The number of halogens is 1. The molecule has 0 amide bonds. The number of aromatic hydroxyl groups is 2. The van der Waals surface area contributed by atoms with E-state index in [9.17, 15) is 23.0 Å². The van der Waals surface area contributed by atoms with Crippen LogP contribution >= 0.6 is 0 Å². The minimum absolute atomic E-state index is 0.0439. The van der Waals surface area contributed by atoms with Crippen LogP contribution in [0.25, 0.3) is 21.9 Å². The minimum atomic E-state index is -3.96. The first-order valence-corrected chi connectivity index (χ1v) is 10.2. The summed E-state index contributed by atoms with van der Waals surface area (Å²) < 4.78 is 40.7. The van der Waals surface area contributed by atoms with E-state index in [0.717, 1.165) is 29.7 Å². The Morgan fingerprint density at radius 2 is 1.48 bits per heavy atom. The number of anilines is 1. The molecule has 0 unspecified atom stereocenters. The lowest BCUT2D eigenvalue weighted by Gasteiger charge is -2.14. The second-order valence-electron chi connectivity index (χ2n) is 6.47. The molecule has 7 heteroatoms. The van der Waals surface area contributed by atoms with Crippen LogP contribution in [-0.4, -0.2) is 18.6 Å². The highest BCUT2D eigenvalue weighted by Crippen LogP contribution is 2.41. The number of rotatable bonds is 4. The third-order valence-corrected chi connectivity index (χ3v) is 5.95. The maximum absolute atomic E-state index is 13.1. The summed E-state index contributed by atoms with van der Waals surface area (Å²) in [5.74, 6) is -0.693. The van der Waals surface area contributed by atoms with Gasteiger partial charge in [-0.1, -0.05) is 30.3 Å². The first-order chi connectivity index (χ1) is 13.8. The largest absolute Gasteiger partial charge is 0.507 e. The van der Waals surface area contributed by atoms with Gasteiger partial charge in [0.1, 0.15) is 17.3 Å². The summed E-state index contributed by atoms with van der Waals surface area (Å²) in [4.78, 5) is -0.0958. The number of hydrogen-bond acceptors (Lipinski definition) is 4. The molecule has 4 aromatic rings. The second-order valence-corrected chi connectivity index (χ2v) is 8.15. The van der Waals surface area contributed by atoms with Crippen molar-refractivity contribution in [2.24, 2.45) is 0 Å². The summed E-state index contributed by atoms with van der Waals surface area (Å²) in [5.41, 5.74) is 0.858. The number of hydrogen-bond donors (Lipinski definition) is 3. The Hall–Kier alpha value is -3.58. The maximum Gasteiger partial charge on any atom is 0.261 e. The third kappa shape index (κ3) is 3.60. The number of sulfonamides is 1. The van der Waals surface area contributed by atoms with Crippen LogP contribution in [0.1, 0.15) is 0 Å². The molecule has 0 spiro atoms. The molecule has 29 heavy (non-hydrogen) atoms. The van der Waals surface area contributed by atoms with E-state index in [-0.39, 0.29) is 27.6 Å². The second kappa shape index (κ2) is 7.10. The van der Waals surface area contributed by atoms with Gasteiger partial charge < -0.3 is 10.2 Å². The van der Waals surface area contributed by atoms with Crippen LogP contribution in [0.3, 0.4) is 0 Å². The monoisotopic (exact) mass is 409 g/mol. The van der Waals surface area contributed by atoms with E-state index >= 15 is 0 Å². The summed E-state index contributed by atoms with van der Waals surface area (Å²) in [6, 6.07) is 19.3. The molecule has 3 N–H and O–H groups in total. The zero-order valence-electron chi connectivity index (χ0n) is 15.0. The number of nitrogens with one attached hydrogen (secondary N) is 1. The van der Waals surface area contributed by atoms with Crippen LogP contribution < -0.4 is 4.72 Å². The third-order valence-electron chi connectivity index (χ3n) is 4.55. The summed E-state index contributed by atoms with van der Waals surface area (Å²) >= 11 is 0. The highest BCUT2D eigenvalue weighted by molar-refractivity contribution is 7.92. The summed E-state index contributed by atoms with van der Waals surface area (Å²) in [6.45, 7) is 0. The van der Waals surface area contributed by atoms with Gasteiger partial charge in [0.25, 0.3) is 10.0 Å². The maximum atomic E-state index is 13.1. The average Bonchev–Trinajstić information content (AvgIpc) is 2.70. The first-order valence-electron chi connectivity index (χ1n) is 8.68. The fraction of sp³-hybridized carbons (Fsp3) is 0. The van der Waals surface area contributed by atoms with Crippen molar-refractivity contribution in [3.05, 3.63) is 84.7 Å². The molecule has 0 aliphatic carbocycles. The fourth-order valence-corrected chi connectivity index (χ4v) is 4.22. The van der Waals surface area contributed by atoms with Crippen molar-refractivity contribution in [2.75, 3.05) is 4.72 Å². The first kappa shape index (κ1) is 18.8. The molecule has 0 aliphatic heterocycles. The Balaban J connectivity index is 1.80. The molecule has 0 fully saturated rings. The van der Waals surface area contributed by atoms with Crippen LogP contribution in [0.4, 0.5) is 10.1 Å². The molecular formula is C22H16FNO4S. The Morgan fingerprint density at radius 3 is 2.24 bits per heavy atom. The molecular weight excluding hydrogens is 393 g/mol. The molecule has 0 aliphatic rings. The van der Waals surface area contributed by atoms with Gasteiger partial charge in [-0.25, -0.2) is 12.8 Å². The van der Waals surface area contributed by atoms with Crippen molar-refractivity contribution < 1.29 is 23.0 Å². The molecule has 0 atom stereocenters. The quantitative estimate of drug-likeness (QED) is 0.420. The highest BCUT2D eigenvalue weighted by atomic mass is 32.2. The average molecular weight is 409 g/mol. The summed E-state index contributed by atoms with van der Waals surface area (Å²) in [7, 11) is -3.96. The molecule has 4 aromatic carbocycles. The molecule has 0 heterocycles. The zero-order valence-corrected chi connectivity index (χ0v) is 15.8. The highest BCUT2D eigenvalue weighted by Gasteiger charge is 2.18. The van der Waals surface area contributed by atoms with Gasteiger partial charge in [-0.3, -0.25) is 4.72 Å². The lowest BCUT2D eigenvalue weighted by atomic mass is 9.96. The summed E-state index contributed by atoms with van der Waals surface area (Å²) in [6.07, 6.45) is 0. The van der Waals surface area contributed by atoms with E-state index in [1.807, 2.05) is 18.2 Å². The molecule has 0 saturated heterocycles. The van der Waals surface area contributed by atoms with Gasteiger partial charge in [-0.05, 0) is 59.3 Å². The molecule has 5 nitrogen and oxygen atoms in total. The molecule has 0 aromatic heterocycles. The van der Waals surface area contributed by atoms with Crippen molar-refractivity contribution in [3.8, 4) is 22.6 Å². The van der Waals surface area contributed by atoms with Gasteiger partial charge in [0.15, 0.2) is 0 Å². The number of benzene rings is 4. The Kier molecular flexibility index (Phi) is 4.60. The van der Waals surface area contributed by atoms with Crippen LogP contribution in [0.5, 0.6) is 11.5 Å². The number of phenols is 2. The molecule has 4 rings (SSSR count). The summed E-state index contributed by atoms with van der Waals surface area (Å²) in [5, 5.41) is 22.4. The van der Waals surface area contributed by atoms with Crippen molar-refractivity contribution in [1.82, 2.24) is 0 Å². The van der Waals surface area contributed by atoms with E-state index in [2.05, 4.69) is 4.72 Å². The smallest absolute Gasteiger partial charge is 0.261 e. The van der Waals surface area contributed by atoms with Gasteiger partial charge >= 0.3 is 0 Å². The fourth-order valence-electron chi connectivity index (χ4n) is 3.17. The van der Waals surface area contributed by atoms with Gasteiger partial charge in [-0.15, -0.1) is 0 Å². The van der Waals surface area contributed by atoms with E-state index < -0.39 is 15.8 Å².